The van der Waals surface area contributed by atoms with Crippen LogP contribution in [0.1, 0.15) is 16.1 Å². The van der Waals surface area contributed by atoms with Gasteiger partial charge in [0.05, 0.1) is 15.1 Å². The minimum absolute atomic E-state index is 0.161. The standard InChI is InChI=1S/C18H13F3N4O2S2/c1-10-2-7-13-14(8-10)28-16(23-13)17(9-15(24-25-17)18(19,20)21)11-3-5-12(6-4-11)29(22,26)27/h2-9H,1H3,(H2,22,26,27). The highest BCUT2D eigenvalue weighted by atomic mass is 32.2. The Bertz CT molecular complexity index is 1280. The zero-order chi connectivity index (χ0) is 21.0. The monoisotopic (exact) mass is 438 g/mol. The molecule has 1 unspecified atom stereocenters. The third-order valence-electron chi connectivity index (χ3n) is 4.44. The first kappa shape index (κ1) is 19.7. The molecule has 2 heterocycles. The molecule has 1 atom stereocenters. The number of primary sulfonamides is 1. The Balaban J connectivity index is 1.93. The van der Waals surface area contributed by atoms with Gasteiger partial charge in [0.25, 0.3) is 0 Å². The molecule has 0 saturated carbocycles. The molecule has 4 rings (SSSR count). The van der Waals surface area contributed by atoms with E-state index >= 15 is 0 Å². The molecule has 2 N–H and O–H groups in total. The molecule has 29 heavy (non-hydrogen) atoms. The molecule has 1 aromatic heterocycles. The van der Waals surface area contributed by atoms with Crippen molar-refractivity contribution in [2.24, 2.45) is 15.4 Å². The third-order valence-corrected chi connectivity index (χ3v) is 6.52. The second-order valence-electron chi connectivity index (χ2n) is 6.55. The fraction of sp³-hybridized carbons (Fsp3) is 0.167. The first-order valence-corrected chi connectivity index (χ1v) is 10.6. The maximum atomic E-state index is 13.3. The van der Waals surface area contributed by atoms with Gasteiger partial charge in [-0.2, -0.15) is 18.3 Å². The van der Waals surface area contributed by atoms with Crippen molar-refractivity contribution in [3.05, 3.63) is 70.4 Å². The number of alkyl halides is 3. The lowest BCUT2D eigenvalue weighted by Gasteiger charge is -2.20. The molecular weight excluding hydrogens is 425 g/mol. The normalized spacial score (nSPS) is 19.7. The summed E-state index contributed by atoms with van der Waals surface area (Å²) < 4.78 is 63.7. The average Bonchev–Trinajstić information content (AvgIpc) is 3.25. The zero-order valence-electron chi connectivity index (χ0n) is 14.8. The van der Waals surface area contributed by atoms with Crippen LogP contribution in [0.25, 0.3) is 10.2 Å². The van der Waals surface area contributed by atoms with Crippen LogP contribution in [0.5, 0.6) is 0 Å². The van der Waals surface area contributed by atoms with Crippen molar-refractivity contribution in [2.45, 2.75) is 23.5 Å². The van der Waals surface area contributed by atoms with Gasteiger partial charge in [-0.15, -0.1) is 16.5 Å². The zero-order valence-corrected chi connectivity index (χ0v) is 16.4. The lowest BCUT2D eigenvalue weighted by molar-refractivity contribution is -0.0925. The third kappa shape index (κ3) is 3.45. The highest BCUT2D eigenvalue weighted by molar-refractivity contribution is 7.89. The molecule has 2 aromatic carbocycles. The number of hydrogen-bond acceptors (Lipinski definition) is 6. The van der Waals surface area contributed by atoms with Crippen LogP contribution in [-0.2, 0) is 15.6 Å². The molecular formula is C18H13F3N4O2S2. The van der Waals surface area contributed by atoms with Gasteiger partial charge >= 0.3 is 6.18 Å². The second-order valence-corrected chi connectivity index (χ2v) is 9.15. The molecule has 0 bridgehead atoms. The van der Waals surface area contributed by atoms with E-state index in [1.807, 2.05) is 19.1 Å². The van der Waals surface area contributed by atoms with E-state index in [1.54, 1.807) is 6.07 Å². The fourth-order valence-corrected chi connectivity index (χ4v) is 4.69. The van der Waals surface area contributed by atoms with Crippen molar-refractivity contribution >= 4 is 31.6 Å². The molecule has 3 aromatic rings. The number of fused-ring (bicyclic) bond motifs is 1. The van der Waals surface area contributed by atoms with Crippen molar-refractivity contribution in [1.82, 2.24) is 4.98 Å². The van der Waals surface area contributed by atoms with Crippen molar-refractivity contribution in [3.63, 3.8) is 0 Å². The van der Waals surface area contributed by atoms with E-state index < -0.39 is 27.4 Å². The lowest BCUT2D eigenvalue weighted by atomic mass is 9.91. The summed E-state index contributed by atoms with van der Waals surface area (Å²) in [5.41, 5.74) is -0.842. The number of sulfonamides is 1. The number of aromatic nitrogens is 1. The number of aryl methyl sites for hydroxylation is 1. The predicted molar refractivity (Wildman–Crippen MR) is 102 cm³/mol. The number of allylic oxidation sites excluding steroid dienone is 1. The van der Waals surface area contributed by atoms with Crippen LogP contribution < -0.4 is 5.14 Å². The number of rotatable bonds is 3. The Hall–Kier alpha value is -2.63. The van der Waals surface area contributed by atoms with Crippen molar-refractivity contribution in [1.29, 1.82) is 0 Å². The van der Waals surface area contributed by atoms with Gasteiger partial charge in [0, 0.05) is 0 Å². The summed E-state index contributed by atoms with van der Waals surface area (Å²) in [5.74, 6) is 0. The van der Waals surface area contributed by atoms with E-state index in [9.17, 15) is 21.6 Å². The molecule has 11 heteroatoms. The minimum Gasteiger partial charge on any atom is -0.238 e. The number of benzene rings is 2. The van der Waals surface area contributed by atoms with Gasteiger partial charge in [0.15, 0.2) is 11.2 Å². The first-order valence-electron chi connectivity index (χ1n) is 8.23. The smallest absolute Gasteiger partial charge is 0.238 e. The number of hydrogen-bond donors (Lipinski definition) is 1. The van der Waals surface area contributed by atoms with Crippen LogP contribution >= 0.6 is 11.3 Å². The SMILES string of the molecule is Cc1ccc2nc(C3(c4ccc(S(N)(=O)=O)cc4)C=C(C(F)(F)F)N=N3)sc2c1. The van der Waals surface area contributed by atoms with Crippen LogP contribution in [0, 0.1) is 6.92 Å². The van der Waals surface area contributed by atoms with Gasteiger partial charge in [0.2, 0.25) is 10.0 Å². The van der Waals surface area contributed by atoms with E-state index in [2.05, 4.69) is 15.2 Å². The topological polar surface area (TPSA) is 97.8 Å². The van der Waals surface area contributed by atoms with Gasteiger partial charge < -0.3 is 0 Å². The first-order chi connectivity index (χ1) is 13.5. The molecule has 0 aliphatic carbocycles. The quantitative estimate of drug-likeness (QED) is 0.656. The Morgan fingerprint density at radius 2 is 1.79 bits per heavy atom. The van der Waals surface area contributed by atoms with E-state index in [4.69, 9.17) is 5.14 Å². The summed E-state index contributed by atoms with van der Waals surface area (Å²) in [6.07, 6.45) is -3.78. The van der Waals surface area contributed by atoms with Gasteiger partial charge in [-0.3, -0.25) is 0 Å². The molecule has 0 radical (unpaired) electrons. The molecule has 6 nitrogen and oxygen atoms in total. The molecule has 150 valence electrons. The molecule has 0 fully saturated rings. The molecule has 0 amide bonds. The van der Waals surface area contributed by atoms with Gasteiger partial charge in [-0.25, -0.2) is 18.5 Å². The summed E-state index contributed by atoms with van der Waals surface area (Å²) in [7, 11) is -3.95. The van der Waals surface area contributed by atoms with Gasteiger partial charge in [-0.1, -0.05) is 18.2 Å². The van der Waals surface area contributed by atoms with Crippen LogP contribution in [0.4, 0.5) is 13.2 Å². The van der Waals surface area contributed by atoms with Crippen molar-refractivity contribution in [2.75, 3.05) is 0 Å². The van der Waals surface area contributed by atoms with E-state index in [1.165, 1.54) is 35.6 Å². The van der Waals surface area contributed by atoms with Crippen LogP contribution in [0.2, 0.25) is 0 Å². The van der Waals surface area contributed by atoms with E-state index in [0.717, 1.165) is 16.3 Å². The number of halogens is 3. The van der Waals surface area contributed by atoms with Crippen molar-refractivity contribution in [3.8, 4) is 0 Å². The number of azo groups is 1. The Morgan fingerprint density at radius 1 is 1.10 bits per heavy atom. The van der Waals surface area contributed by atoms with E-state index in [0.29, 0.717) is 16.1 Å². The number of nitrogens with two attached hydrogens (primary N) is 1. The van der Waals surface area contributed by atoms with E-state index in [-0.39, 0.29) is 4.90 Å². The maximum Gasteiger partial charge on any atom is 0.434 e. The van der Waals surface area contributed by atoms with Gasteiger partial charge in [0.1, 0.15) is 5.01 Å². The summed E-state index contributed by atoms with van der Waals surface area (Å²) in [6.45, 7) is 1.90. The molecule has 1 aliphatic rings. The average molecular weight is 438 g/mol. The Kier molecular flexibility index (Phi) is 4.37. The van der Waals surface area contributed by atoms with Crippen LogP contribution in [0.15, 0.2) is 69.4 Å². The number of nitrogens with zero attached hydrogens (tertiary/aromatic N) is 3. The predicted octanol–water partition coefficient (Wildman–Crippen LogP) is 4.41. The summed E-state index contributed by atoms with van der Waals surface area (Å²) in [6, 6.07) is 10.7. The molecule has 1 aliphatic heterocycles. The summed E-state index contributed by atoms with van der Waals surface area (Å²) >= 11 is 1.21. The Labute approximate surface area is 167 Å². The van der Waals surface area contributed by atoms with Crippen molar-refractivity contribution < 1.29 is 21.6 Å². The van der Waals surface area contributed by atoms with Gasteiger partial charge in [-0.05, 0) is 48.4 Å². The maximum absolute atomic E-state index is 13.3. The molecule has 0 saturated heterocycles. The largest absolute Gasteiger partial charge is 0.434 e. The molecule has 0 spiro atoms. The minimum atomic E-state index is -4.68. The summed E-state index contributed by atoms with van der Waals surface area (Å²) in [4.78, 5) is 4.32. The number of thiazole rings is 1. The highest BCUT2D eigenvalue weighted by Crippen LogP contribution is 2.46. The summed E-state index contributed by atoms with van der Waals surface area (Å²) in [5, 5.41) is 12.7. The second kappa shape index (κ2) is 6.44. The highest BCUT2D eigenvalue weighted by Gasteiger charge is 2.46. The fourth-order valence-electron chi connectivity index (χ4n) is 2.99. The van der Waals surface area contributed by atoms with Crippen LogP contribution in [0.3, 0.4) is 0 Å². The Morgan fingerprint density at radius 3 is 2.38 bits per heavy atom. The lowest BCUT2D eigenvalue weighted by Crippen LogP contribution is -2.22. The van der Waals surface area contributed by atoms with Crippen LogP contribution in [-0.4, -0.2) is 19.6 Å².